The molecule has 0 bridgehead atoms. The molecule has 0 aliphatic rings. The summed E-state index contributed by atoms with van der Waals surface area (Å²) < 4.78 is 1.59. The molecule has 0 unspecified atom stereocenters. The van der Waals surface area contributed by atoms with Gasteiger partial charge in [-0.25, -0.2) is 4.68 Å². The summed E-state index contributed by atoms with van der Waals surface area (Å²) in [4.78, 5) is 13.7. The predicted molar refractivity (Wildman–Crippen MR) is 103 cm³/mol. The fraction of sp³-hybridized carbons (Fsp3) is 0.158. The van der Waals surface area contributed by atoms with Gasteiger partial charge in [0.15, 0.2) is 0 Å². The number of nitrogens with one attached hydrogen (secondary N) is 1. The Hall–Kier alpha value is -2.24. The van der Waals surface area contributed by atoms with E-state index in [0.717, 1.165) is 11.4 Å². The van der Waals surface area contributed by atoms with Gasteiger partial charge in [-0.15, -0.1) is 11.8 Å². The highest BCUT2D eigenvalue weighted by Crippen LogP contribution is 2.23. The van der Waals surface area contributed by atoms with Gasteiger partial charge in [0, 0.05) is 17.2 Å². The minimum Gasteiger partial charge on any atom is -0.351 e. The number of para-hydroxylation sites is 1. The van der Waals surface area contributed by atoms with Crippen molar-refractivity contribution in [3.63, 3.8) is 0 Å². The average Bonchev–Trinajstić information content (AvgIpc) is 2.94. The van der Waals surface area contributed by atoms with Crippen molar-refractivity contribution in [2.45, 2.75) is 11.8 Å². The molecule has 25 heavy (non-hydrogen) atoms. The van der Waals surface area contributed by atoms with Gasteiger partial charge in [-0.2, -0.15) is 5.10 Å². The molecule has 0 saturated heterocycles. The van der Waals surface area contributed by atoms with Crippen LogP contribution in [-0.2, 0) is 0 Å². The number of benzene rings is 2. The average molecular weight is 372 g/mol. The number of nitrogens with zero attached hydrogens (tertiary/aromatic N) is 2. The molecule has 6 heteroatoms. The Bertz CT molecular complexity index is 850. The van der Waals surface area contributed by atoms with Crippen LogP contribution in [0.5, 0.6) is 0 Å². The number of hydrogen-bond donors (Lipinski definition) is 1. The summed E-state index contributed by atoms with van der Waals surface area (Å²) in [5.41, 5.74) is 1.87. The summed E-state index contributed by atoms with van der Waals surface area (Å²) in [6.45, 7) is 2.35. The molecule has 3 aromatic rings. The lowest BCUT2D eigenvalue weighted by atomic mass is 10.2. The second kappa shape index (κ2) is 8.23. The molecule has 1 heterocycles. The van der Waals surface area contributed by atoms with Gasteiger partial charge in [0.05, 0.1) is 16.9 Å². The minimum atomic E-state index is -0.196. The van der Waals surface area contributed by atoms with Crippen molar-refractivity contribution in [3.8, 4) is 5.69 Å². The number of halogens is 1. The van der Waals surface area contributed by atoms with E-state index in [9.17, 15) is 4.79 Å². The minimum absolute atomic E-state index is 0.196. The number of carbonyl (C=O) groups excluding carboxylic acids is 1. The molecule has 3 rings (SSSR count). The molecule has 1 amide bonds. The van der Waals surface area contributed by atoms with Crippen LogP contribution in [0.2, 0.25) is 5.15 Å². The van der Waals surface area contributed by atoms with Crippen LogP contribution in [0.3, 0.4) is 0 Å². The Balaban J connectivity index is 1.63. The van der Waals surface area contributed by atoms with Crippen LogP contribution in [0.1, 0.15) is 16.1 Å². The molecule has 0 saturated carbocycles. The largest absolute Gasteiger partial charge is 0.351 e. The SMILES string of the molecule is Cc1nn(-c2ccccc2)c(Cl)c1C(=O)NCCSc1ccccc1. The van der Waals surface area contributed by atoms with Crippen molar-refractivity contribution in [2.75, 3.05) is 12.3 Å². The maximum Gasteiger partial charge on any atom is 0.256 e. The van der Waals surface area contributed by atoms with E-state index in [4.69, 9.17) is 11.6 Å². The third-order valence-corrected chi connectivity index (χ3v) is 4.99. The first-order valence-corrected chi connectivity index (χ1v) is 9.30. The molecule has 1 N–H and O–H groups in total. The van der Waals surface area contributed by atoms with Gasteiger partial charge < -0.3 is 5.32 Å². The van der Waals surface area contributed by atoms with Crippen LogP contribution in [-0.4, -0.2) is 28.0 Å². The quantitative estimate of drug-likeness (QED) is 0.517. The number of hydrogen-bond acceptors (Lipinski definition) is 3. The standard InChI is InChI=1S/C19H18ClN3OS/c1-14-17(18(20)23(22-14)15-8-4-2-5-9-15)19(24)21-12-13-25-16-10-6-3-7-11-16/h2-11H,12-13H2,1H3,(H,21,24). The number of thioether (sulfide) groups is 1. The van der Waals surface area contributed by atoms with Gasteiger partial charge in [-0.05, 0) is 31.2 Å². The summed E-state index contributed by atoms with van der Waals surface area (Å²) in [5, 5.41) is 7.64. The Morgan fingerprint density at radius 2 is 1.76 bits per heavy atom. The van der Waals surface area contributed by atoms with E-state index in [-0.39, 0.29) is 5.91 Å². The third-order valence-electron chi connectivity index (χ3n) is 3.63. The molecule has 0 spiro atoms. The van der Waals surface area contributed by atoms with E-state index >= 15 is 0 Å². The number of aromatic nitrogens is 2. The fourth-order valence-corrected chi connectivity index (χ4v) is 3.58. The van der Waals surface area contributed by atoms with Crippen LogP contribution in [0.25, 0.3) is 5.69 Å². The Morgan fingerprint density at radius 3 is 2.44 bits per heavy atom. The Morgan fingerprint density at radius 1 is 1.12 bits per heavy atom. The third kappa shape index (κ3) is 4.24. The number of rotatable bonds is 6. The molecule has 2 aromatic carbocycles. The van der Waals surface area contributed by atoms with Gasteiger partial charge in [0.1, 0.15) is 5.15 Å². The summed E-state index contributed by atoms with van der Waals surface area (Å²) >= 11 is 8.10. The Kier molecular flexibility index (Phi) is 5.79. The highest BCUT2D eigenvalue weighted by molar-refractivity contribution is 7.99. The van der Waals surface area contributed by atoms with Crippen molar-refractivity contribution in [1.29, 1.82) is 0 Å². The molecule has 0 fully saturated rings. The lowest BCUT2D eigenvalue weighted by Gasteiger charge is -2.06. The van der Waals surface area contributed by atoms with Crippen molar-refractivity contribution in [2.24, 2.45) is 0 Å². The summed E-state index contributed by atoms with van der Waals surface area (Å²) in [5.74, 6) is 0.595. The van der Waals surface area contributed by atoms with Crippen molar-refractivity contribution in [3.05, 3.63) is 77.1 Å². The van der Waals surface area contributed by atoms with E-state index < -0.39 is 0 Å². The molecular weight excluding hydrogens is 354 g/mol. The van der Waals surface area contributed by atoms with Crippen LogP contribution < -0.4 is 5.32 Å². The van der Waals surface area contributed by atoms with Crippen molar-refractivity contribution >= 4 is 29.3 Å². The van der Waals surface area contributed by atoms with Gasteiger partial charge in [-0.1, -0.05) is 48.0 Å². The monoisotopic (exact) mass is 371 g/mol. The molecule has 0 radical (unpaired) electrons. The maximum atomic E-state index is 12.5. The molecule has 0 atom stereocenters. The first kappa shape index (κ1) is 17.6. The van der Waals surface area contributed by atoms with Crippen molar-refractivity contribution in [1.82, 2.24) is 15.1 Å². The second-order valence-corrected chi connectivity index (χ2v) is 6.94. The smallest absolute Gasteiger partial charge is 0.256 e. The zero-order valence-electron chi connectivity index (χ0n) is 13.8. The van der Waals surface area contributed by atoms with Crippen LogP contribution in [0, 0.1) is 6.92 Å². The Labute approximate surface area is 156 Å². The van der Waals surface area contributed by atoms with E-state index in [0.29, 0.717) is 23.0 Å². The van der Waals surface area contributed by atoms with E-state index in [1.165, 1.54) is 4.90 Å². The van der Waals surface area contributed by atoms with Gasteiger partial charge in [0.2, 0.25) is 0 Å². The maximum absolute atomic E-state index is 12.5. The zero-order valence-corrected chi connectivity index (χ0v) is 15.3. The van der Waals surface area contributed by atoms with Crippen molar-refractivity contribution < 1.29 is 4.79 Å². The molecular formula is C19H18ClN3OS. The number of amides is 1. The highest BCUT2D eigenvalue weighted by Gasteiger charge is 2.20. The molecule has 0 aliphatic heterocycles. The summed E-state index contributed by atoms with van der Waals surface area (Å²) in [7, 11) is 0. The van der Waals surface area contributed by atoms with Crippen LogP contribution in [0.4, 0.5) is 0 Å². The van der Waals surface area contributed by atoms with E-state index in [1.807, 2.05) is 48.5 Å². The second-order valence-electron chi connectivity index (χ2n) is 5.42. The lowest BCUT2D eigenvalue weighted by molar-refractivity contribution is 0.0955. The topological polar surface area (TPSA) is 46.9 Å². The number of aryl methyl sites for hydroxylation is 1. The van der Waals surface area contributed by atoms with Gasteiger partial charge in [0.25, 0.3) is 5.91 Å². The normalized spacial score (nSPS) is 10.6. The van der Waals surface area contributed by atoms with Crippen LogP contribution in [0.15, 0.2) is 65.6 Å². The van der Waals surface area contributed by atoms with Gasteiger partial charge >= 0.3 is 0 Å². The van der Waals surface area contributed by atoms with E-state index in [2.05, 4.69) is 22.5 Å². The predicted octanol–water partition coefficient (Wildman–Crippen LogP) is 4.36. The molecule has 128 valence electrons. The summed E-state index contributed by atoms with van der Waals surface area (Å²) in [6.07, 6.45) is 0. The van der Waals surface area contributed by atoms with Gasteiger partial charge in [-0.3, -0.25) is 4.79 Å². The first-order chi connectivity index (χ1) is 12.2. The van der Waals surface area contributed by atoms with E-state index in [1.54, 1.807) is 23.4 Å². The molecule has 0 aliphatic carbocycles. The fourth-order valence-electron chi connectivity index (χ4n) is 2.44. The molecule has 4 nitrogen and oxygen atoms in total. The summed E-state index contributed by atoms with van der Waals surface area (Å²) in [6, 6.07) is 19.6. The highest BCUT2D eigenvalue weighted by atomic mass is 35.5. The first-order valence-electron chi connectivity index (χ1n) is 7.93. The van der Waals surface area contributed by atoms with Crippen LogP contribution >= 0.6 is 23.4 Å². The lowest BCUT2D eigenvalue weighted by Crippen LogP contribution is -2.26. The number of carbonyl (C=O) groups is 1. The zero-order chi connectivity index (χ0) is 17.6. The molecule has 1 aromatic heterocycles.